The molecule has 0 aliphatic carbocycles. The Morgan fingerprint density at radius 2 is 2.00 bits per heavy atom. The minimum Gasteiger partial charge on any atom is -0.467 e. The molecule has 1 aromatic carbocycles. The molecular formula is C15H18FNO. The fourth-order valence-electron chi connectivity index (χ4n) is 2.19. The van der Waals surface area contributed by atoms with Crippen LogP contribution in [-0.2, 0) is 0 Å². The van der Waals surface area contributed by atoms with Crippen LogP contribution in [0.5, 0.6) is 0 Å². The van der Waals surface area contributed by atoms with Gasteiger partial charge in [0.1, 0.15) is 11.6 Å². The van der Waals surface area contributed by atoms with Crippen molar-refractivity contribution in [3.05, 3.63) is 58.8 Å². The van der Waals surface area contributed by atoms with Crippen molar-refractivity contribution in [1.82, 2.24) is 5.32 Å². The molecule has 1 aromatic heterocycles. The Hall–Kier alpha value is -1.61. The van der Waals surface area contributed by atoms with Gasteiger partial charge in [-0.05, 0) is 55.3 Å². The summed E-state index contributed by atoms with van der Waals surface area (Å²) in [5.74, 6) is 0.689. The molecule has 18 heavy (non-hydrogen) atoms. The Kier molecular flexibility index (Phi) is 3.82. The average molecular weight is 247 g/mol. The van der Waals surface area contributed by atoms with Crippen molar-refractivity contribution in [1.29, 1.82) is 0 Å². The van der Waals surface area contributed by atoms with E-state index >= 15 is 0 Å². The van der Waals surface area contributed by atoms with Crippen LogP contribution in [-0.4, -0.2) is 6.54 Å². The number of furan rings is 1. The lowest BCUT2D eigenvalue weighted by Crippen LogP contribution is -2.23. The van der Waals surface area contributed by atoms with Gasteiger partial charge in [-0.2, -0.15) is 0 Å². The predicted molar refractivity (Wildman–Crippen MR) is 70.1 cm³/mol. The summed E-state index contributed by atoms with van der Waals surface area (Å²) in [5.41, 5.74) is 3.08. The summed E-state index contributed by atoms with van der Waals surface area (Å²) in [7, 11) is 0. The van der Waals surface area contributed by atoms with Gasteiger partial charge in [0.15, 0.2) is 0 Å². The summed E-state index contributed by atoms with van der Waals surface area (Å²) in [4.78, 5) is 0. The second-order valence-corrected chi connectivity index (χ2v) is 4.46. The first kappa shape index (κ1) is 12.8. The highest BCUT2D eigenvalue weighted by Gasteiger charge is 2.20. The molecule has 1 atom stereocenters. The van der Waals surface area contributed by atoms with Gasteiger partial charge < -0.3 is 9.73 Å². The van der Waals surface area contributed by atoms with Crippen molar-refractivity contribution in [2.45, 2.75) is 26.8 Å². The number of hydrogen-bond donors (Lipinski definition) is 1. The topological polar surface area (TPSA) is 25.2 Å². The van der Waals surface area contributed by atoms with E-state index in [1.807, 2.05) is 32.9 Å². The fraction of sp³-hybridized carbons (Fsp3) is 0.333. The van der Waals surface area contributed by atoms with Crippen LogP contribution in [0.3, 0.4) is 0 Å². The summed E-state index contributed by atoms with van der Waals surface area (Å²) in [6.45, 7) is 6.80. The van der Waals surface area contributed by atoms with E-state index in [1.165, 1.54) is 6.07 Å². The molecule has 2 aromatic rings. The largest absolute Gasteiger partial charge is 0.467 e. The first-order valence-corrected chi connectivity index (χ1v) is 6.17. The number of nitrogens with one attached hydrogen (secondary N) is 1. The van der Waals surface area contributed by atoms with E-state index in [4.69, 9.17) is 4.42 Å². The van der Waals surface area contributed by atoms with E-state index in [-0.39, 0.29) is 11.9 Å². The van der Waals surface area contributed by atoms with E-state index < -0.39 is 0 Å². The third-order valence-corrected chi connectivity index (χ3v) is 3.11. The lowest BCUT2D eigenvalue weighted by atomic mass is 9.97. The Balaban J connectivity index is 2.45. The zero-order valence-corrected chi connectivity index (χ0v) is 11.0. The molecule has 0 fully saturated rings. The number of rotatable bonds is 4. The molecule has 0 bridgehead atoms. The van der Waals surface area contributed by atoms with Crippen LogP contribution in [0.25, 0.3) is 0 Å². The second-order valence-electron chi connectivity index (χ2n) is 4.46. The zero-order valence-electron chi connectivity index (χ0n) is 11.0. The number of aryl methyl sites for hydroxylation is 2. The van der Waals surface area contributed by atoms with Gasteiger partial charge in [0.2, 0.25) is 0 Å². The van der Waals surface area contributed by atoms with Gasteiger partial charge in [-0.1, -0.05) is 13.0 Å². The third-order valence-electron chi connectivity index (χ3n) is 3.11. The van der Waals surface area contributed by atoms with Crippen LogP contribution >= 0.6 is 0 Å². The van der Waals surface area contributed by atoms with Gasteiger partial charge in [0.25, 0.3) is 0 Å². The second kappa shape index (κ2) is 5.36. The van der Waals surface area contributed by atoms with Crippen molar-refractivity contribution in [3.63, 3.8) is 0 Å². The van der Waals surface area contributed by atoms with Crippen molar-refractivity contribution >= 4 is 0 Å². The average Bonchev–Trinajstić information content (AvgIpc) is 2.73. The lowest BCUT2D eigenvalue weighted by molar-refractivity contribution is 0.448. The molecule has 0 spiro atoms. The van der Waals surface area contributed by atoms with Crippen LogP contribution < -0.4 is 5.32 Å². The van der Waals surface area contributed by atoms with Gasteiger partial charge in [-0.15, -0.1) is 0 Å². The molecule has 0 aliphatic rings. The Bertz CT molecular complexity index is 533. The van der Waals surface area contributed by atoms with E-state index in [0.29, 0.717) is 0 Å². The molecule has 0 saturated heterocycles. The molecule has 1 heterocycles. The molecule has 0 saturated carbocycles. The van der Waals surface area contributed by atoms with Crippen LogP contribution in [0, 0.1) is 19.7 Å². The predicted octanol–water partition coefficient (Wildman–Crippen LogP) is 3.73. The number of halogens is 1. The SMILES string of the molecule is CCNC(c1ccc(F)cc1C)c1occc1C. The Morgan fingerprint density at radius 1 is 1.22 bits per heavy atom. The maximum Gasteiger partial charge on any atom is 0.128 e. The van der Waals surface area contributed by atoms with Gasteiger partial charge in [-0.25, -0.2) is 4.39 Å². The van der Waals surface area contributed by atoms with Gasteiger partial charge >= 0.3 is 0 Å². The van der Waals surface area contributed by atoms with Crippen LogP contribution in [0.4, 0.5) is 4.39 Å². The van der Waals surface area contributed by atoms with Gasteiger partial charge in [-0.3, -0.25) is 0 Å². The first-order valence-electron chi connectivity index (χ1n) is 6.17. The molecule has 2 rings (SSSR count). The quantitative estimate of drug-likeness (QED) is 0.890. The summed E-state index contributed by atoms with van der Waals surface area (Å²) < 4.78 is 18.7. The highest BCUT2D eigenvalue weighted by molar-refractivity contribution is 5.36. The molecule has 0 amide bonds. The minimum absolute atomic E-state index is 0.0226. The normalized spacial score (nSPS) is 12.7. The standard InChI is InChI=1S/C15H18FNO/c1-4-17-14(15-10(2)7-8-18-15)13-6-5-12(16)9-11(13)3/h5-9,14,17H,4H2,1-3H3. The van der Waals surface area contributed by atoms with E-state index in [1.54, 1.807) is 12.3 Å². The number of benzene rings is 1. The van der Waals surface area contributed by atoms with Crippen molar-refractivity contribution in [3.8, 4) is 0 Å². The van der Waals surface area contributed by atoms with Crippen LogP contribution in [0.2, 0.25) is 0 Å². The van der Waals surface area contributed by atoms with Crippen molar-refractivity contribution < 1.29 is 8.81 Å². The fourth-order valence-corrected chi connectivity index (χ4v) is 2.19. The zero-order chi connectivity index (χ0) is 13.1. The monoisotopic (exact) mass is 247 g/mol. The van der Waals surface area contributed by atoms with Crippen molar-refractivity contribution in [2.75, 3.05) is 6.54 Å². The summed E-state index contributed by atoms with van der Waals surface area (Å²) >= 11 is 0. The van der Waals surface area contributed by atoms with Gasteiger partial charge in [0, 0.05) is 0 Å². The summed E-state index contributed by atoms with van der Waals surface area (Å²) in [6.07, 6.45) is 1.69. The highest BCUT2D eigenvalue weighted by Crippen LogP contribution is 2.28. The highest BCUT2D eigenvalue weighted by atomic mass is 19.1. The number of hydrogen-bond acceptors (Lipinski definition) is 2. The summed E-state index contributed by atoms with van der Waals surface area (Å²) in [5, 5.41) is 3.39. The van der Waals surface area contributed by atoms with E-state index in [0.717, 1.165) is 29.0 Å². The third kappa shape index (κ3) is 2.46. The van der Waals surface area contributed by atoms with Crippen molar-refractivity contribution in [2.24, 2.45) is 0 Å². The smallest absolute Gasteiger partial charge is 0.128 e. The minimum atomic E-state index is -0.206. The molecule has 0 aliphatic heterocycles. The van der Waals surface area contributed by atoms with Crippen LogP contribution in [0.1, 0.15) is 35.4 Å². The molecule has 1 unspecified atom stereocenters. The molecule has 3 heteroatoms. The maximum absolute atomic E-state index is 13.2. The molecular weight excluding hydrogens is 229 g/mol. The molecule has 1 N–H and O–H groups in total. The lowest BCUT2D eigenvalue weighted by Gasteiger charge is -2.19. The maximum atomic E-state index is 13.2. The first-order chi connectivity index (χ1) is 8.63. The van der Waals surface area contributed by atoms with E-state index in [2.05, 4.69) is 5.32 Å². The molecule has 96 valence electrons. The molecule has 2 nitrogen and oxygen atoms in total. The van der Waals surface area contributed by atoms with Crippen LogP contribution in [0.15, 0.2) is 34.9 Å². The summed E-state index contributed by atoms with van der Waals surface area (Å²) in [6, 6.07) is 6.78. The van der Waals surface area contributed by atoms with Gasteiger partial charge in [0.05, 0.1) is 12.3 Å². The van der Waals surface area contributed by atoms with E-state index in [9.17, 15) is 4.39 Å². The Labute approximate surface area is 107 Å². The molecule has 0 radical (unpaired) electrons. The Morgan fingerprint density at radius 3 is 2.56 bits per heavy atom.